The Kier molecular flexibility index (Phi) is 3.49. The maximum Gasteiger partial charge on any atom is 0.201 e. The van der Waals surface area contributed by atoms with Crippen LogP contribution in [0.15, 0.2) is 53.0 Å². The van der Waals surface area contributed by atoms with Gasteiger partial charge in [0.2, 0.25) is 5.95 Å². The molecule has 1 aromatic heterocycles. The highest BCUT2D eigenvalue weighted by Gasteiger charge is 2.14. The lowest BCUT2D eigenvalue weighted by Gasteiger charge is -2.16. The Balaban J connectivity index is 2.00. The molecule has 2 N–H and O–H groups in total. The van der Waals surface area contributed by atoms with E-state index in [0.29, 0.717) is 5.95 Å². The molecule has 1 atom stereocenters. The minimum absolute atomic E-state index is 0.261. The predicted molar refractivity (Wildman–Crippen MR) is 86.7 cm³/mol. The largest absolute Gasteiger partial charge is 0.369 e. The molecule has 1 unspecified atom stereocenters. The zero-order chi connectivity index (χ0) is 14.1. The molecule has 0 aliphatic carbocycles. The van der Waals surface area contributed by atoms with Crippen LogP contribution in [0.1, 0.15) is 18.5 Å². The van der Waals surface area contributed by atoms with Gasteiger partial charge >= 0.3 is 0 Å². The Labute approximate surface area is 126 Å². The lowest BCUT2D eigenvalue weighted by atomic mass is 10.1. The van der Waals surface area contributed by atoms with Crippen molar-refractivity contribution in [1.29, 1.82) is 0 Å². The number of imidazole rings is 1. The number of hydrogen-bond acceptors (Lipinski definition) is 2. The fourth-order valence-corrected chi connectivity index (χ4v) is 2.94. The van der Waals surface area contributed by atoms with Gasteiger partial charge in [0.1, 0.15) is 0 Å². The highest BCUT2D eigenvalue weighted by molar-refractivity contribution is 9.10. The molecular weight excluding hydrogens is 314 g/mol. The third kappa shape index (κ3) is 2.43. The molecule has 20 heavy (non-hydrogen) atoms. The van der Waals surface area contributed by atoms with Gasteiger partial charge in [0.15, 0.2) is 0 Å². The molecule has 0 radical (unpaired) electrons. The van der Waals surface area contributed by atoms with E-state index in [4.69, 9.17) is 5.73 Å². The molecule has 0 aliphatic heterocycles. The van der Waals surface area contributed by atoms with E-state index < -0.39 is 0 Å². The number of aromatic nitrogens is 2. The van der Waals surface area contributed by atoms with Crippen LogP contribution in [-0.4, -0.2) is 9.55 Å². The summed E-state index contributed by atoms with van der Waals surface area (Å²) in [4.78, 5) is 4.44. The second kappa shape index (κ2) is 5.29. The Morgan fingerprint density at radius 2 is 1.95 bits per heavy atom. The normalized spacial score (nSPS) is 12.7. The first kappa shape index (κ1) is 13.2. The second-order valence-corrected chi connectivity index (χ2v) is 5.93. The average molecular weight is 330 g/mol. The third-order valence-corrected chi connectivity index (χ3v) is 3.99. The number of anilines is 1. The van der Waals surface area contributed by atoms with Gasteiger partial charge in [0.05, 0.1) is 11.0 Å². The topological polar surface area (TPSA) is 43.8 Å². The van der Waals surface area contributed by atoms with Crippen molar-refractivity contribution in [3.63, 3.8) is 0 Å². The smallest absolute Gasteiger partial charge is 0.201 e. The summed E-state index contributed by atoms with van der Waals surface area (Å²) in [5.74, 6) is 0.571. The monoisotopic (exact) mass is 329 g/mol. The molecule has 1 heterocycles. The van der Waals surface area contributed by atoms with Gasteiger partial charge in [0, 0.05) is 10.5 Å². The number of benzene rings is 2. The van der Waals surface area contributed by atoms with Crippen molar-refractivity contribution in [2.75, 3.05) is 5.73 Å². The maximum absolute atomic E-state index is 6.09. The van der Waals surface area contributed by atoms with E-state index in [0.717, 1.165) is 21.9 Å². The quantitative estimate of drug-likeness (QED) is 0.783. The molecule has 4 heteroatoms. The number of hydrogen-bond donors (Lipinski definition) is 1. The van der Waals surface area contributed by atoms with Crippen molar-refractivity contribution in [1.82, 2.24) is 9.55 Å². The summed E-state index contributed by atoms with van der Waals surface area (Å²) in [6.07, 6.45) is 0.934. The summed E-state index contributed by atoms with van der Waals surface area (Å²) in [6.45, 7) is 2.17. The van der Waals surface area contributed by atoms with E-state index in [-0.39, 0.29) is 6.04 Å². The van der Waals surface area contributed by atoms with E-state index in [1.807, 2.05) is 18.2 Å². The molecule has 0 spiro atoms. The van der Waals surface area contributed by atoms with Crippen LogP contribution in [-0.2, 0) is 6.42 Å². The highest BCUT2D eigenvalue weighted by Crippen LogP contribution is 2.27. The lowest BCUT2D eigenvalue weighted by Crippen LogP contribution is -2.11. The number of nitrogen functional groups attached to an aromatic ring is 1. The molecule has 102 valence electrons. The Morgan fingerprint density at radius 3 is 2.70 bits per heavy atom. The zero-order valence-electron chi connectivity index (χ0n) is 11.3. The van der Waals surface area contributed by atoms with Gasteiger partial charge in [0.25, 0.3) is 0 Å². The van der Waals surface area contributed by atoms with Crippen molar-refractivity contribution in [3.8, 4) is 0 Å². The number of fused-ring (bicyclic) bond motifs is 1. The Hall–Kier alpha value is -1.81. The summed E-state index contributed by atoms with van der Waals surface area (Å²) in [5, 5.41) is 0. The minimum atomic E-state index is 0.261. The molecule has 0 amide bonds. The molecule has 3 nitrogen and oxygen atoms in total. The summed E-state index contributed by atoms with van der Waals surface area (Å²) in [5.41, 5.74) is 9.40. The van der Waals surface area contributed by atoms with Gasteiger partial charge in [-0.2, -0.15) is 0 Å². The van der Waals surface area contributed by atoms with Gasteiger partial charge in [-0.05, 0) is 37.1 Å². The van der Waals surface area contributed by atoms with Crippen LogP contribution in [0.25, 0.3) is 11.0 Å². The van der Waals surface area contributed by atoms with Crippen LogP contribution >= 0.6 is 15.9 Å². The molecule has 0 fully saturated rings. The fraction of sp³-hybridized carbons (Fsp3) is 0.188. The number of nitrogens with zero attached hydrogens (tertiary/aromatic N) is 2. The highest BCUT2D eigenvalue weighted by atomic mass is 79.9. The van der Waals surface area contributed by atoms with Crippen molar-refractivity contribution in [3.05, 3.63) is 58.6 Å². The van der Waals surface area contributed by atoms with E-state index in [1.54, 1.807) is 0 Å². The molecule has 0 saturated heterocycles. The van der Waals surface area contributed by atoms with Crippen LogP contribution in [0.5, 0.6) is 0 Å². The van der Waals surface area contributed by atoms with Crippen molar-refractivity contribution < 1.29 is 0 Å². The Morgan fingerprint density at radius 1 is 1.20 bits per heavy atom. The molecule has 2 aromatic carbocycles. The van der Waals surface area contributed by atoms with Gasteiger partial charge in [-0.3, -0.25) is 0 Å². The van der Waals surface area contributed by atoms with Crippen LogP contribution in [0, 0.1) is 0 Å². The van der Waals surface area contributed by atoms with Gasteiger partial charge in [-0.25, -0.2) is 4.98 Å². The minimum Gasteiger partial charge on any atom is -0.369 e. The van der Waals surface area contributed by atoms with Crippen molar-refractivity contribution in [2.24, 2.45) is 0 Å². The SMILES string of the molecule is CC(Cc1ccccc1)n1c(N)nc2ccc(Br)cc21. The van der Waals surface area contributed by atoms with Crippen LogP contribution < -0.4 is 5.73 Å². The summed E-state index contributed by atoms with van der Waals surface area (Å²) < 4.78 is 3.14. The van der Waals surface area contributed by atoms with E-state index in [2.05, 4.69) is 62.7 Å². The average Bonchev–Trinajstić information content (AvgIpc) is 2.75. The second-order valence-electron chi connectivity index (χ2n) is 5.01. The van der Waals surface area contributed by atoms with Crippen LogP contribution in [0.2, 0.25) is 0 Å². The first-order valence-corrected chi connectivity index (χ1v) is 7.41. The van der Waals surface area contributed by atoms with Crippen molar-refractivity contribution >= 4 is 32.9 Å². The van der Waals surface area contributed by atoms with E-state index in [9.17, 15) is 0 Å². The Bertz CT molecular complexity index is 734. The van der Waals surface area contributed by atoms with E-state index in [1.165, 1.54) is 5.56 Å². The van der Waals surface area contributed by atoms with Gasteiger partial charge in [-0.15, -0.1) is 0 Å². The third-order valence-electron chi connectivity index (χ3n) is 3.49. The van der Waals surface area contributed by atoms with Gasteiger partial charge < -0.3 is 10.3 Å². The number of rotatable bonds is 3. The number of halogens is 1. The lowest BCUT2D eigenvalue weighted by molar-refractivity contribution is 0.566. The summed E-state index contributed by atoms with van der Waals surface area (Å²) in [7, 11) is 0. The molecule has 0 aliphatic rings. The summed E-state index contributed by atoms with van der Waals surface area (Å²) >= 11 is 3.51. The first-order chi connectivity index (χ1) is 9.65. The summed E-state index contributed by atoms with van der Waals surface area (Å²) in [6, 6.07) is 16.7. The molecule has 0 bridgehead atoms. The van der Waals surface area contributed by atoms with E-state index >= 15 is 0 Å². The first-order valence-electron chi connectivity index (χ1n) is 6.62. The number of nitrogens with two attached hydrogens (primary N) is 1. The predicted octanol–water partition coefficient (Wildman–Crippen LogP) is 4.18. The van der Waals surface area contributed by atoms with Crippen molar-refractivity contribution in [2.45, 2.75) is 19.4 Å². The molecule has 3 rings (SSSR count). The fourth-order valence-electron chi connectivity index (χ4n) is 2.59. The zero-order valence-corrected chi connectivity index (χ0v) is 12.8. The molecular formula is C16H16BrN3. The standard InChI is InChI=1S/C16H16BrN3/c1-11(9-12-5-3-2-4-6-12)20-15-10-13(17)7-8-14(15)19-16(20)18/h2-8,10-11H,9H2,1H3,(H2,18,19). The molecule has 0 saturated carbocycles. The van der Waals surface area contributed by atoms with Crippen LogP contribution in [0.3, 0.4) is 0 Å². The van der Waals surface area contributed by atoms with Crippen LogP contribution in [0.4, 0.5) is 5.95 Å². The maximum atomic E-state index is 6.09. The molecule has 3 aromatic rings. The van der Waals surface area contributed by atoms with Gasteiger partial charge in [-0.1, -0.05) is 46.3 Å².